The Morgan fingerprint density at radius 3 is 2.25 bits per heavy atom. The fourth-order valence-electron chi connectivity index (χ4n) is 2.67. The third-order valence-electron chi connectivity index (χ3n) is 3.73. The van der Waals surface area contributed by atoms with Crippen molar-refractivity contribution in [3.63, 3.8) is 0 Å². The molecule has 0 bridgehead atoms. The van der Waals surface area contributed by atoms with Crippen LogP contribution in [-0.4, -0.2) is 43.2 Å². The molecule has 0 radical (unpaired) electrons. The van der Waals surface area contributed by atoms with E-state index in [0.29, 0.717) is 24.3 Å². The number of rotatable bonds is 2. The predicted octanol–water partition coefficient (Wildman–Crippen LogP) is 0.457. The largest absolute Gasteiger partial charge is 0.392 e. The van der Waals surface area contributed by atoms with Crippen molar-refractivity contribution in [1.82, 2.24) is 5.32 Å². The summed E-state index contributed by atoms with van der Waals surface area (Å²) in [6, 6.07) is 0.459. The minimum Gasteiger partial charge on any atom is -0.392 e. The van der Waals surface area contributed by atoms with Crippen molar-refractivity contribution in [3.05, 3.63) is 0 Å². The minimum absolute atomic E-state index is 0.180. The van der Waals surface area contributed by atoms with Crippen LogP contribution in [0.2, 0.25) is 0 Å². The van der Waals surface area contributed by atoms with Gasteiger partial charge in [-0.15, -0.1) is 0 Å². The summed E-state index contributed by atoms with van der Waals surface area (Å²) < 4.78 is 22.6. The highest BCUT2D eigenvalue weighted by Crippen LogP contribution is 2.21. The zero-order valence-electron chi connectivity index (χ0n) is 9.56. The molecular formula is C11H21NO3S. The number of aliphatic hydroxyl groups is 1. The average molecular weight is 247 g/mol. The summed E-state index contributed by atoms with van der Waals surface area (Å²) in [7, 11) is -2.77. The second kappa shape index (κ2) is 5.02. The van der Waals surface area contributed by atoms with Gasteiger partial charge in [0.2, 0.25) is 0 Å². The molecule has 1 aliphatic heterocycles. The zero-order chi connectivity index (χ0) is 11.6. The number of hydrogen-bond acceptors (Lipinski definition) is 4. The SMILES string of the molecule is O=S1(=O)CCC(N[C@H]2CCCC[C@@H]2O)CC1. The molecule has 4 nitrogen and oxygen atoms in total. The summed E-state index contributed by atoms with van der Waals surface area (Å²) in [5.41, 5.74) is 0. The second-order valence-electron chi connectivity index (χ2n) is 5.05. The van der Waals surface area contributed by atoms with E-state index in [4.69, 9.17) is 0 Å². The third kappa shape index (κ3) is 3.18. The van der Waals surface area contributed by atoms with Gasteiger partial charge in [0.25, 0.3) is 0 Å². The summed E-state index contributed by atoms with van der Waals surface area (Å²) in [5, 5.41) is 13.3. The molecule has 2 fully saturated rings. The molecule has 2 N–H and O–H groups in total. The van der Waals surface area contributed by atoms with Gasteiger partial charge < -0.3 is 10.4 Å². The normalized spacial score (nSPS) is 36.1. The van der Waals surface area contributed by atoms with Crippen LogP contribution in [0.15, 0.2) is 0 Å². The van der Waals surface area contributed by atoms with Crippen LogP contribution in [0.5, 0.6) is 0 Å². The van der Waals surface area contributed by atoms with Gasteiger partial charge in [0, 0.05) is 12.1 Å². The Balaban J connectivity index is 1.82. The van der Waals surface area contributed by atoms with E-state index in [2.05, 4.69) is 5.32 Å². The van der Waals surface area contributed by atoms with Crippen molar-refractivity contribution in [2.45, 2.75) is 56.7 Å². The smallest absolute Gasteiger partial charge is 0.150 e. The number of aliphatic hydroxyl groups excluding tert-OH is 1. The summed E-state index contributed by atoms with van der Waals surface area (Å²) in [5.74, 6) is 0.598. The molecule has 1 saturated carbocycles. The molecule has 5 heteroatoms. The lowest BCUT2D eigenvalue weighted by atomic mass is 9.91. The van der Waals surface area contributed by atoms with Gasteiger partial charge in [0.1, 0.15) is 9.84 Å². The molecule has 2 atom stereocenters. The Labute approximate surface area is 97.3 Å². The Morgan fingerprint density at radius 1 is 1.00 bits per heavy atom. The monoisotopic (exact) mass is 247 g/mol. The molecule has 0 aromatic rings. The molecule has 1 heterocycles. The molecule has 1 saturated heterocycles. The van der Waals surface area contributed by atoms with Crippen molar-refractivity contribution >= 4 is 9.84 Å². The Morgan fingerprint density at radius 2 is 1.62 bits per heavy atom. The standard InChI is InChI=1S/C11H21NO3S/c13-11-4-2-1-3-10(11)12-9-5-7-16(14,15)8-6-9/h9-13H,1-8H2/t10-,11-/m0/s1. The molecular weight excluding hydrogens is 226 g/mol. The minimum atomic E-state index is -2.77. The van der Waals surface area contributed by atoms with E-state index in [1.807, 2.05) is 0 Å². The van der Waals surface area contributed by atoms with Gasteiger partial charge in [-0.2, -0.15) is 0 Å². The van der Waals surface area contributed by atoms with E-state index in [-0.39, 0.29) is 18.2 Å². The number of hydrogen-bond donors (Lipinski definition) is 2. The highest BCUT2D eigenvalue weighted by atomic mass is 32.2. The van der Waals surface area contributed by atoms with Crippen molar-refractivity contribution < 1.29 is 13.5 Å². The summed E-state index contributed by atoms with van der Waals surface area (Å²) in [4.78, 5) is 0. The first-order valence-corrected chi connectivity index (χ1v) is 8.03. The van der Waals surface area contributed by atoms with Crippen molar-refractivity contribution in [3.8, 4) is 0 Å². The summed E-state index contributed by atoms with van der Waals surface area (Å²) in [6.45, 7) is 0. The first-order chi connectivity index (χ1) is 7.57. The molecule has 2 aliphatic rings. The van der Waals surface area contributed by atoms with Crippen LogP contribution < -0.4 is 5.32 Å². The second-order valence-corrected chi connectivity index (χ2v) is 7.35. The molecule has 94 valence electrons. The van der Waals surface area contributed by atoms with Crippen LogP contribution in [0.25, 0.3) is 0 Å². The fraction of sp³-hybridized carbons (Fsp3) is 1.00. The number of sulfone groups is 1. The zero-order valence-corrected chi connectivity index (χ0v) is 10.4. The van der Waals surface area contributed by atoms with Crippen LogP contribution in [0.1, 0.15) is 38.5 Å². The summed E-state index contributed by atoms with van der Waals surface area (Å²) >= 11 is 0. The van der Waals surface area contributed by atoms with E-state index in [1.165, 1.54) is 6.42 Å². The van der Waals surface area contributed by atoms with Gasteiger partial charge in [-0.1, -0.05) is 12.8 Å². The Bertz CT molecular complexity index is 314. The quantitative estimate of drug-likeness (QED) is 0.744. The highest BCUT2D eigenvalue weighted by molar-refractivity contribution is 7.91. The molecule has 16 heavy (non-hydrogen) atoms. The molecule has 0 aromatic carbocycles. The Hall–Kier alpha value is -0.130. The topological polar surface area (TPSA) is 66.4 Å². The summed E-state index contributed by atoms with van der Waals surface area (Å²) in [6.07, 6.45) is 5.33. The lowest BCUT2D eigenvalue weighted by molar-refractivity contribution is 0.0840. The molecule has 0 spiro atoms. The van der Waals surface area contributed by atoms with Gasteiger partial charge in [-0.05, 0) is 25.7 Å². The molecule has 0 unspecified atom stereocenters. The van der Waals surface area contributed by atoms with Crippen LogP contribution in [0, 0.1) is 0 Å². The van der Waals surface area contributed by atoms with Gasteiger partial charge in [0.05, 0.1) is 17.6 Å². The van der Waals surface area contributed by atoms with Crippen molar-refractivity contribution in [1.29, 1.82) is 0 Å². The lowest BCUT2D eigenvalue weighted by Crippen LogP contribution is -2.49. The molecule has 1 aliphatic carbocycles. The maximum atomic E-state index is 11.3. The Kier molecular flexibility index (Phi) is 3.87. The van der Waals surface area contributed by atoms with Gasteiger partial charge >= 0.3 is 0 Å². The molecule has 2 rings (SSSR count). The van der Waals surface area contributed by atoms with E-state index in [0.717, 1.165) is 19.3 Å². The van der Waals surface area contributed by atoms with Crippen LogP contribution in [0.4, 0.5) is 0 Å². The maximum absolute atomic E-state index is 11.3. The first-order valence-electron chi connectivity index (χ1n) is 6.21. The van der Waals surface area contributed by atoms with Crippen LogP contribution >= 0.6 is 0 Å². The molecule has 0 amide bonds. The van der Waals surface area contributed by atoms with Gasteiger partial charge in [-0.25, -0.2) is 8.42 Å². The number of nitrogens with one attached hydrogen (secondary N) is 1. The average Bonchev–Trinajstić information content (AvgIpc) is 2.24. The van der Waals surface area contributed by atoms with Gasteiger partial charge in [0.15, 0.2) is 0 Å². The van der Waals surface area contributed by atoms with E-state index >= 15 is 0 Å². The lowest BCUT2D eigenvalue weighted by Gasteiger charge is -2.33. The van der Waals surface area contributed by atoms with Crippen molar-refractivity contribution in [2.75, 3.05) is 11.5 Å². The maximum Gasteiger partial charge on any atom is 0.150 e. The highest BCUT2D eigenvalue weighted by Gasteiger charge is 2.29. The van der Waals surface area contributed by atoms with Crippen LogP contribution in [-0.2, 0) is 9.84 Å². The predicted molar refractivity (Wildman–Crippen MR) is 63.1 cm³/mol. The fourth-order valence-corrected chi connectivity index (χ4v) is 4.16. The van der Waals surface area contributed by atoms with Gasteiger partial charge in [-0.3, -0.25) is 0 Å². The third-order valence-corrected chi connectivity index (χ3v) is 5.45. The molecule has 0 aromatic heterocycles. The van der Waals surface area contributed by atoms with E-state index in [9.17, 15) is 13.5 Å². The first kappa shape index (κ1) is 12.3. The van der Waals surface area contributed by atoms with Crippen LogP contribution in [0.3, 0.4) is 0 Å². The van der Waals surface area contributed by atoms with E-state index < -0.39 is 9.84 Å². The van der Waals surface area contributed by atoms with Crippen molar-refractivity contribution in [2.24, 2.45) is 0 Å². The van der Waals surface area contributed by atoms with E-state index in [1.54, 1.807) is 0 Å².